The molecule has 2 aromatic rings. The van der Waals surface area contributed by atoms with Gasteiger partial charge in [-0.25, -0.2) is 0 Å². The number of aryl methyl sites for hydroxylation is 2. The highest BCUT2D eigenvalue weighted by molar-refractivity contribution is 8.04. The summed E-state index contributed by atoms with van der Waals surface area (Å²) < 4.78 is 5.09. The summed E-state index contributed by atoms with van der Waals surface area (Å²) >= 11 is 1.22. The molecule has 2 aromatic carbocycles. The molecule has 186 valence electrons. The Bertz CT molecular complexity index is 1140. The van der Waals surface area contributed by atoms with Gasteiger partial charge < -0.3 is 15.4 Å². The summed E-state index contributed by atoms with van der Waals surface area (Å²) in [4.78, 5) is 41.1. The molecule has 3 amide bonds. The zero-order chi connectivity index (χ0) is 25.5. The maximum Gasteiger partial charge on any atom is 0.278 e. The Morgan fingerprint density at radius 2 is 1.80 bits per heavy atom. The molecule has 0 atom stereocenters. The van der Waals surface area contributed by atoms with Gasteiger partial charge in [-0.2, -0.15) is 0 Å². The van der Waals surface area contributed by atoms with Crippen LogP contribution in [0.2, 0.25) is 0 Å². The molecule has 1 aliphatic rings. The summed E-state index contributed by atoms with van der Waals surface area (Å²) in [6, 6.07) is 13.1. The topological polar surface area (TPSA) is 87.7 Å². The Morgan fingerprint density at radius 3 is 2.49 bits per heavy atom. The lowest BCUT2D eigenvalue weighted by Crippen LogP contribution is -2.33. The minimum Gasteiger partial charge on any atom is -0.385 e. The molecule has 0 saturated heterocycles. The van der Waals surface area contributed by atoms with Gasteiger partial charge in [0.05, 0.1) is 0 Å². The fourth-order valence-corrected chi connectivity index (χ4v) is 4.64. The summed E-state index contributed by atoms with van der Waals surface area (Å²) in [5.41, 5.74) is 3.89. The van der Waals surface area contributed by atoms with Crippen LogP contribution in [-0.2, 0) is 19.1 Å². The molecule has 0 saturated carbocycles. The van der Waals surface area contributed by atoms with E-state index >= 15 is 0 Å². The van der Waals surface area contributed by atoms with Crippen molar-refractivity contribution in [1.29, 1.82) is 0 Å². The van der Waals surface area contributed by atoms with Crippen molar-refractivity contribution in [3.63, 3.8) is 0 Å². The van der Waals surface area contributed by atoms with E-state index in [0.717, 1.165) is 21.7 Å². The van der Waals surface area contributed by atoms with Crippen molar-refractivity contribution in [3.8, 4) is 0 Å². The van der Waals surface area contributed by atoms with Crippen LogP contribution in [0.5, 0.6) is 0 Å². The third-order valence-corrected chi connectivity index (χ3v) is 6.64. The fourth-order valence-electron chi connectivity index (χ4n) is 3.63. The molecule has 1 heterocycles. The third kappa shape index (κ3) is 6.96. The van der Waals surface area contributed by atoms with E-state index in [9.17, 15) is 14.4 Å². The average Bonchev–Trinajstić information content (AvgIpc) is 3.00. The lowest BCUT2D eigenvalue weighted by atomic mass is 10.1. The van der Waals surface area contributed by atoms with Gasteiger partial charge in [-0.15, -0.1) is 0 Å². The van der Waals surface area contributed by atoms with Gasteiger partial charge in [0.25, 0.3) is 11.8 Å². The monoisotopic (exact) mass is 495 g/mol. The first kappa shape index (κ1) is 26.5. The van der Waals surface area contributed by atoms with E-state index in [2.05, 4.69) is 10.6 Å². The van der Waals surface area contributed by atoms with Gasteiger partial charge in [-0.3, -0.25) is 19.3 Å². The van der Waals surface area contributed by atoms with E-state index in [1.54, 1.807) is 7.11 Å². The van der Waals surface area contributed by atoms with E-state index in [0.29, 0.717) is 30.0 Å². The lowest BCUT2D eigenvalue weighted by molar-refractivity contribution is -0.137. The van der Waals surface area contributed by atoms with Gasteiger partial charge in [0.15, 0.2) is 0 Å². The Balaban J connectivity index is 1.88. The van der Waals surface area contributed by atoms with Crippen molar-refractivity contribution in [1.82, 2.24) is 4.90 Å². The normalized spacial score (nSPS) is 13.7. The average molecular weight is 496 g/mol. The number of amides is 3. The van der Waals surface area contributed by atoms with Crippen molar-refractivity contribution >= 4 is 40.9 Å². The molecular weight excluding hydrogens is 462 g/mol. The number of hydrogen-bond acceptors (Lipinski definition) is 6. The molecule has 1 aliphatic heterocycles. The smallest absolute Gasteiger partial charge is 0.278 e. The zero-order valence-electron chi connectivity index (χ0n) is 20.9. The second kappa shape index (κ2) is 12.0. The molecule has 0 fully saturated rings. The first-order valence-corrected chi connectivity index (χ1v) is 12.5. The number of benzene rings is 2. The fraction of sp³-hybridized carbons (Fsp3) is 0.370. The molecule has 3 rings (SSSR count). The Labute approximate surface area is 211 Å². The molecule has 0 bridgehead atoms. The second-order valence-electron chi connectivity index (χ2n) is 9.01. The molecule has 0 aromatic heterocycles. The second-order valence-corrected chi connectivity index (χ2v) is 10.1. The minimum absolute atomic E-state index is 0.0603. The van der Waals surface area contributed by atoms with Gasteiger partial charge in [-0.05, 0) is 67.6 Å². The quantitative estimate of drug-likeness (QED) is 0.333. The van der Waals surface area contributed by atoms with Gasteiger partial charge in [0.2, 0.25) is 5.91 Å². The van der Waals surface area contributed by atoms with Crippen molar-refractivity contribution in [2.75, 3.05) is 30.9 Å². The van der Waals surface area contributed by atoms with Gasteiger partial charge in [0, 0.05) is 43.0 Å². The van der Waals surface area contributed by atoms with Crippen molar-refractivity contribution in [3.05, 3.63) is 64.2 Å². The summed E-state index contributed by atoms with van der Waals surface area (Å²) in [6.07, 6.45) is 0.982. The van der Waals surface area contributed by atoms with Crippen LogP contribution in [0.4, 0.5) is 11.4 Å². The number of hydrogen-bond donors (Lipinski definition) is 2. The van der Waals surface area contributed by atoms with E-state index in [1.165, 1.54) is 16.7 Å². The SMILES string of the molecule is COCCCN1C(=O)C(Nc2ccc(C)c(C)c2)=C(Sc2cccc(NC(=O)CC(C)C)c2)C1=O. The molecule has 8 heteroatoms. The molecule has 0 radical (unpaired) electrons. The van der Waals surface area contributed by atoms with Crippen LogP contribution in [0.15, 0.2) is 58.0 Å². The summed E-state index contributed by atoms with van der Waals surface area (Å²) in [5, 5.41) is 6.10. The maximum absolute atomic E-state index is 13.3. The Hall–Kier alpha value is -3.10. The zero-order valence-corrected chi connectivity index (χ0v) is 21.8. The van der Waals surface area contributed by atoms with Crippen LogP contribution < -0.4 is 10.6 Å². The summed E-state index contributed by atoms with van der Waals surface area (Å²) in [7, 11) is 1.59. The largest absolute Gasteiger partial charge is 0.385 e. The summed E-state index contributed by atoms with van der Waals surface area (Å²) in [5.74, 6) is -0.497. The maximum atomic E-state index is 13.3. The van der Waals surface area contributed by atoms with Crippen molar-refractivity contribution in [2.24, 2.45) is 5.92 Å². The number of thioether (sulfide) groups is 1. The van der Waals surface area contributed by atoms with Crippen LogP contribution in [0, 0.1) is 19.8 Å². The number of imide groups is 1. The first-order chi connectivity index (χ1) is 16.7. The van der Waals surface area contributed by atoms with Gasteiger partial charge >= 0.3 is 0 Å². The van der Waals surface area contributed by atoms with E-state index in [-0.39, 0.29) is 35.9 Å². The highest BCUT2D eigenvalue weighted by Gasteiger charge is 2.38. The number of anilines is 2. The predicted molar refractivity (Wildman–Crippen MR) is 140 cm³/mol. The third-order valence-electron chi connectivity index (χ3n) is 5.56. The van der Waals surface area contributed by atoms with Crippen molar-refractivity contribution < 1.29 is 19.1 Å². The van der Waals surface area contributed by atoms with Gasteiger partial charge in [-0.1, -0.05) is 37.7 Å². The minimum atomic E-state index is -0.353. The number of nitrogens with one attached hydrogen (secondary N) is 2. The number of ether oxygens (including phenoxy) is 1. The van der Waals surface area contributed by atoms with Crippen LogP contribution in [0.3, 0.4) is 0 Å². The Kier molecular flexibility index (Phi) is 9.12. The van der Waals surface area contributed by atoms with Crippen LogP contribution >= 0.6 is 11.8 Å². The molecular formula is C27H33N3O4S. The van der Waals surface area contributed by atoms with Crippen LogP contribution in [-0.4, -0.2) is 42.9 Å². The lowest BCUT2D eigenvalue weighted by Gasteiger charge is -2.15. The van der Waals surface area contributed by atoms with E-state index < -0.39 is 0 Å². The molecule has 0 spiro atoms. The number of rotatable bonds is 11. The van der Waals surface area contributed by atoms with E-state index in [4.69, 9.17) is 4.74 Å². The number of carbonyl (C=O) groups is 3. The highest BCUT2D eigenvalue weighted by atomic mass is 32.2. The van der Waals surface area contributed by atoms with Gasteiger partial charge in [0.1, 0.15) is 10.6 Å². The number of nitrogens with zero attached hydrogens (tertiary/aromatic N) is 1. The standard InChI is InChI=1S/C27H33N3O4S/c1-17(2)14-23(31)28-20-8-6-9-22(16-20)35-25-24(29-21-11-10-18(3)19(4)15-21)26(32)30(27(25)33)12-7-13-34-5/h6,8-11,15-17,29H,7,12-14H2,1-5H3,(H,28,31). The molecule has 0 unspecified atom stereocenters. The number of carbonyl (C=O) groups excluding carboxylic acids is 3. The summed E-state index contributed by atoms with van der Waals surface area (Å²) in [6.45, 7) is 8.74. The molecule has 2 N–H and O–H groups in total. The molecule has 0 aliphatic carbocycles. The van der Waals surface area contributed by atoms with Crippen LogP contribution in [0.25, 0.3) is 0 Å². The molecule has 35 heavy (non-hydrogen) atoms. The number of methoxy groups -OCH3 is 1. The van der Waals surface area contributed by atoms with Crippen LogP contribution in [0.1, 0.15) is 37.8 Å². The first-order valence-electron chi connectivity index (χ1n) is 11.7. The van der Waals surface area contributed by atoms with Crippen molar-refractivity contribution in [2.45, 2.75) is 45.4 Å². The highest BCUT2D eigenvalue weighted by Crippen LogP contribution is 2.37. The predicted octanol–water partition coefficient (Wildman–Crippen LogP) is 5.11. The van der Waals surface area contributed by atoms with E-state index in [1.807, 2.05) is 70.2 Å². The Morgan fingerprint density at radius 1 is 1.03 bits per heavy atom. The molecule has 7 nitrogen and oxygen atoms in total.